The molecule has 0 aromatic heterocycles. The molecule has 0 saturated heterocycles. The zero-order valence-electron chi connectivity index (χ0n) is 17.1. The SMILES string of the molecule is NC(=O)CC(NC(=O)C(N)CS)C(=O)NC(Cc1ccccc1)C(=O)NC(CS)C(=O)O. The van der Waals surface area contributed by atoms with Gasteiger partial charge in [-0.15, -0.1) is 0 Å². The molecule has 8 N–H and O–H groups in total. The smallest absolute Gasteiger partial charge is 0.327 e. The van der Waals surface area contributed by atoms with Gasteiger partial charge in [-0.1, -0.05) is 30.3 Å². The van der Waals surface area contributed by atoms with Crippen molar-refractivity contribution in [3.8, 4) is 0 Å². The number of carboxylic acids is 1. The normalized spacial score (nSPS) is 14.3. The number of aliphatic carboxylic acids is 1. The third kappa shape index (κ3) is 9.16. The summed E-state index contributed by atoms with van der Waals surface area (Å²) in [5.41, 5.74) is 11.4. The number of nitrogens with two attached hydrogens (primary N) is 2. The standard InChI is InChI=1S/C19H27N5O6S2/c20-11(8-31)16(26)22-13(7-15(21)25)18(28)23-12(6-10-4-2-1-3-5-10)17(27)24-14(9-32)19(29)30/h1-5,11-14,31-32H,6-9,20H2,(H2,21,25)(H,22,26)(H,23,28)(H,24,27)(H,29,30). The first-order valence-corrected chi connectivity index (χ1v) is 10.8. The maximum Gasteiger partial charge on any atom is 0.327 e. The van der Waals surface area contributed by atoms with Gasteiger partial charge < -0.3 is 32.5 Å². The molecule has 4 amide bonds. The second kappa shape index (κ2) is 13.6. The summed E-state index contributed by atoms with van der Waals surface area (Å²) in [6, 6.07) is 3.75. The van der Waals surface area contributed by atoms with Crippen LogP contribution in [0.3, 0.4) is 0 Å². The maximum atomic E-state index is 12.8. The first-order valence-electron chi connectivity index (χ1n) is 9.52. The summed E-state index contributed by atoms with van der Waals surface area (Å²) in [6.07, 6.45) is -0.518. The zero-order valence-corrected chi connectivity index (χ0v) is 18.9. The minimum absolute atomic E-state index is 0.00388. The Balaban J connectivity index is 3.08. The number of rotatable bonds is 13. The van der Waals surface area contributed by atoms with Crippen LogP contribution in [0.5, 0.6) is 0 Å². The maximum absolute atomic E-state index is 12.8. The zero-order chi connectivity index (χ0) is 24.3. The van der Waals surface area contributed by atoms with Crippen LogP contribution in [0.15, 0.2) is 30.3 Å². The van der Waals surface area contributed by atoms with Crippen LogP contribution in [0.2, 0.25) is 0 Å². The fraction of sp³-hybridized carbons (Fsp3) is 0.421. The summed E-state index contributed by atoms with van der Waals surface area (Å²) < 4.78 is 0. The van der Waals surface area contributed by atoms with Gasteiger partial charge in [-0.25, -0.2) is 4.79 Å². The molecule has 4 atom stereocenters. The summed E-state index contributed by atoms with van der Waals surface area (Å²) in [6.45, 7) is 0. The van der Waals surface area contributed by atoms with Gasteiger partial charge in [-0.05, 0) is 5.56 Å². The molecule has 11 nitrogen and oxygen atoms in total. The van der Waals surface area contributed by atoms with Gasteiger partial charge in [0.15, 0.2) is 0 Å². The van der Waals surface area contributed by atoms with E-state index in [9.17, 15) is 24.0 Å². The highest BCUT2D eigenvalue weighted by molar-refractivity contribution is 7.80. The van der Waals surface area contributed by atoms with Crippen molar-refractivity contribution in [3.63, 3.8) is 0 Å². The van der Waals surface area contributed by atoms with Gasteiger partial charge in [0.2, 0.25) is 23.6 Å². The molecule has 0 saturated carbocycles. The first kappa shape index (κ1) is 27.3. The monoisotopic (exact) mass is 485 g/mol. The minimum Gasteiger partial charge on any atom is -0.480 e. The van der Waals surface area contributed by atoms with Crippen LogP contribution in [0, 0.1) is 0 Å². The molecule has 0 radical (unpaired) electrons. The first-order chi connectivity index (χ1) is 15.1. The predicted molar refractivity (Wildman–Crippen MR) is 123 cm³/mol. The molecule has 0 spiro atoms. The number of thiol groups is 2. The Kier molecular flexibility index (Phi) is 11.6. The Labute approximate surface area is 195 Å². The van der Waals surface area contributed by atoms with E-state index >= 15 is 0 Å². The summed E-state index contributed by atoms with van der Waals surface area (Å²) in [7, 11) is 0. The van der Waals surface area contributed by atoms with E-state index in [1.165, 1.54) is 0 Å². The van der Waals surface area contributed by atoms with E-state index in [0.717, 1.165) is 0 Å². The quantitative estimate of drug-likeness (QED) is 0.146. The lowest BCUT2D eigenvalue weighted by molar-refractivity contribution is -0.141. The van der Waals surface area contributed by atoms with Crippen molar-refractivity contribution in [1.29, 1.82) is 0 Å². The number of nitrogens with one attached hydrogen (secondary N) is 3. The molecule has 1 rings (SSSR count). The molecule has 13 heteroatoms. The predicted octanol–water partition coefficient (Wildman–Crippen LogP) is -2.17. The van der Waals surface area contributed by atoms with Gasteiger partial charge in [-0.3, -0.25) is 19.2 Å². The third-order valence-corrected chi connectivity index (χ3v) is 5.04. The fourth-order valence-electron chi connectivity index (χ4n) is 2.56. The number of hydrogen-bond acceptors (Lipinski definition) is 8. The van der Waals surface area contributed by atoms with Gasteiger partial charge in [-0.2, -0.15) is 25.3 Å². The van der Waals surface area contributed by atoms with E-state index in [4.69, 9.17) is 16.6 Å². The number of hydrogen-bond donors (Lipinski definition) is 8. The average molecular weight is 486 g/mol. The van der Waals surface area contributed by atoms with E-state index in [0.29, 0.717) is 5.56 Å². The molecular formula is C19H27N5O6S2. The average Bonchev–Trinajstić information content (AvgIpc) is 2.75. The van der Waals surface area contributed by atoms with Crippen LogP contribution in [0.4, 0.5) is 0 Å². The molecule has 0 aliphatic heterocycles. The number of amides is 4. The molecule has 4 unspecified atom stereocenters. The molecule has 0 aliphatic carbocycles. The van der Waals surface area contributed by atoms with Crippen molar-refractivity contribution in [2.24, 2.45) is 11.5 Å². The number of benzene rings is 1. The topological polar surface area (TPSA) is 194 Å². The second-order valence-corrected chi connectivity index (χ2v) is 7.58. The number of carbonyl (C=O) groups excluding carboxylic acids is 4. The van der Waals surface area contributed by atoms with Gasteiger partial charge in [0, 0.05) is 17.9 Å². The largest absolute Gasteiger partial charge is 0.480 e. The van der Waals surface area contributed by atoms with Crippen LogP contribution >= 0.6 is 25.3 Å². The Hall–Kier alpha value is -2.77. The Bertz CT molecular complexity index is 826. The van der Waals surface area contributed by atoms with Gasteiger partial charge in [0.25, 0.3) is 0 Å². The van der Waals surface area contributed by atoms with E-state index in [1.807, 2.05) is 0 Å². The van der Waals surface area contributed by atoms with Crippen molar-refractivity contribution >= 4 is 54.9 Å². The van der Waals surface area contributed by atoms with Gasteiger partial charge in [0.05, 0.1) is 12.5 Å². The van der Waals surface area contributed by atoms with E-state index < -0.39 is 60.2 Å². The Morgan fingerprint density at radius 2 is 1.38 bits per heavy atom. The highest BCUT2D eigenvalue weighted by Gasteiger charge is 2.30. The summed E-state index contributed by atoms with van der Waals surface area (Å²) in [4.78, 5) is 60.3. The van der Waals surface area contributed by atoms with Crippen molar-refractivity contribution in [2.45, 2.75) is 37.0 Å². The molecule has 0 aliphatic rings. The Morgan fingerprint density at radius 1 is 0.844 bits per heavy atom. The lowest BCUT2D eigenvalue weighted by Crippen LogP contribution is -2.58. The van der Waals surface area contributed by atoms with Crippen molar-refractivity contribution in [3.05, 3.63) is 35.9 Å². The molecule has 1 aromatic carbocycles. The van der Waals surface area contributed by atoms with E-state index in [-0.39, 0.29) is 17.9 Å². The van der Waals surface area contributed by atoms with Crippen LogP contribution in [-0.4, -0.2) is 70.4 Å². The van der Waals surface area contributed by atoms with Gasteiger partial charge >= 0.3 is 5.97 Å². The Morgan fingerprint density at radius 3 is 1.88 bits per heavy atom. The van der Waals surface area contributed by atoms with Crippen LogP contribution in [0.25, 0.3) is 0 Å². The molecule has 1 aromatic rings. The molecular weight excluding hydrogens is 458 g/mol. The molecule has 176 valence electrons. The molecule has 0 fully saturated rings. The number of primary amides is 1. The van der Waals surface area contributed by atoms with Crippen LogP contribution in [-0.2, 0) is 30.4 Å². The lowest BCUT2D eigenvalue weighted by atomic mass is 10.0. The van der Waals surface area contributed by atoms with Crippen molar-refractivity contribution in [2.75, 3.05) is 11.5 Å². The summed E-state index contributed by atoms with van der Waals surface area (Å²) in [5.74, 6) is -4.71. The van der Waals surface area contributed by atoms with Crippen LogP contribution in [0.1, 0.15) is 12.0 Å². The van der Waals surface area contributed by atoms with E-state index in [2.05, 4.69) is 41.2 Å². The van der Waals surface area contributed by atoms with Crippen LogP contribution < -0.4 is 27.4 Å². The highest BCUT2D eigenvalue weighted by atomic mass is 32.1. The number of carbonyl (C=O) groups is 5. The minimum atomic E-state index is -1.39. The molecule has 0 heterocycles. The highest BCUT2D eigenvalue weighted by Crippen LogP contribution is 2.06. The number of carboxylic acid groups (broad SMARTS) is 1. The lowest BCUT2D eigenvalue weighted by Gasteiger charge is -2.24. The summed E-state index contributed by atoms with van der Waals surface area (Å²) in [5, 5.41) is 16.2. The van der Waals surface area contributed by atoms with Gasteiger partial charge in [0.1, 0.15) is 18.1 Å². The van der Waals surface area contributed by atoms with Crippen molar-refractivity contribution < 1.29 is 29.1 Å². The second-order valence-electron chi connectivity index (χ2n) is 6.85. The molecule has 32 heavy (non-hydrogen) atoms. The van der Waals surface area contributed by atoms with E-state index in [1.54, 1.807) is 30.3 Å². The summed E-state index contributed by atoms with van der Waals surface area (Å²) >= 11 is 7.81. The fourth-order valence-corrected chi connectivity index (χ4v) is 2.97. The third-order valence-electron chi connectivity index (χ3n) is 4.28. The van der Waals surface area contributed by atoms with Crippen molar-refractivity contribution in [1.82, 2.24) is 16.0 Å². The molecule has 0 bridgehead atoms.